The standard InChI is InChI=1S/C21H35N5O4S/c1-5-20(4,7-6-14(2)23-19(22)27)18-24-16(21(8-9-21)31(28)29)12-17(25-18)26-10-11-30-13-15(26)3/h6,12,15,17H,5,7-11,13H2,1-4H3,(H,24,25)(H,28,29)(H3,22,23,27)/b14-6+/t15-,17?,20-/m0/s1. The van der Waals surface area contributed by atoms with Gasteiger partial charge in [0.1, 0.15) is 16.7 Å². The number of nitrogens with one attached hydrogen (secondary N) is 2. The Kier molecular flexibility index (Phi) is 7.25. The number of nitrogens with two attached hydrogens (primary N) is 1. The van der Waals surface area contributed by atoms with Crippen LogP contribution in [0.3, 0.4) is 0 Å². The van der Waals surface area contributed by atoms with E-state index < -0.39 is 21.9 Å². The number of amidine groups is 1. The van der Waals surface area contributed by atoms with Crippen LogP contribution in [-0.2, 0) is 15.8 Å². The van der Waals surface area contributed by atoms with E-state index in [1.165, 1.54) is 0 Å². The summed E-state index contributed by atoms with van der Waals surface area (Å²) in [5, 5.41) is 6.20. The molecule has 174 valence electrons. The highest BCUT2D eigenvalue weighted by atomic mass is 32.2. The van der Waals surface area contributed by atoms with Gasteiger partial charge in [-0.15, -0.1) is 0 Å². The summed E-state index contributed by atoms with van der Waals surface area (Å²) < 4.78 is 27.0. The van der Waals surface area contributed by atoms with Crippen molar-refractivity contribution in [3.8, 4) is 0 Å². The average Bonchev–Trinajstić information content (AvgIpc) is 3.54. The molecule has 31 heavy (non-hydrogen) atoms. The highest BCUT2D eigenvalue weighted by Crippen LogP contribution is 2.49. The predicted molar refractivity (Wildman–Crippen MR) is 122 cm³/mol. The van der Waals surface area contributed by atoms with Gasteiger partial charge in [-0.05, 0) is 45.6 Å². The normalized spacial score (nSPS) is 29.1. The quantitative estimate of drug-likeness (QED) is 0.416. The smallest absolute Gasteiger partial charge is 0.316 e. The minimum Gasteiger partial charge on any atom is -0.379 e. The first-order valence-corrected chi connectivity index (χ1v) is 12.0. The van der Waals surface area contributed by atoms with E-state index in [1.54, 1.807) is 6.92 Å². The second-order valence-electron chi connectivity index (χ2n) is 9.00. The number of aliphatic imine (C=N–C) groups is 1. The average molecular weight is 454 g/mol. The number of primary amides is 1. The third kappa shape index (κ3) is 5.19. The van der Waals surface area contributed by atoms with Gasteiger partial charge in [-0.2, -0.15) is 0 Å². The molecule has 2 aliphatic heterocycles. The van der Waals surface area contributed by atoms with E-state index in [0.717, 1.165) is 18.8 Å². The minimum absolute atomic E-state index is 0.123. The van der Waals surface area contributed by atoms with E-state index in [1.807, 2.05) is 12.2 Å². The topological polar surface area (TPSA) is 129 Å². The molecule has 5 N–H and O–H groups in total. The van der Waals surface area contributed by atoms with Crippen molar-refractivity contribution >= 4 is 22.9 Å². The Morgan fingerprint density at radius 2 is 2.29 bits per heavy atom. The Balaban J connectivity index is 1.93. The number of urea groups is 1. The molecule has 4 atom stereocenters. The first-order valence-electron chi connectivity index (χ1n) is 10.9. The van der Waals surface area contributed by atoms with Gasteiger partial charge in [0.15, 0.2) is 11.1 Å². The van der Waals surface area contributed by atoms with Crippen LogP contribution in [0.1, 0.15) is 53.4 Å². The molecule has 0 bridgehead atoms. The number of carbonyl (C=O) groups excluding carboxylic acids is 1. The van der Waals surface area contributed by atoms with Gasteiger partial charge in [-0.1, -0.05) is 19.9 Å². The Morgan fingerprint density at radius 3 is 2.84 bits per heavy atom. The van der Waals surface area contributed by atoms with E-state index in [0.29, 0.717) is 43.9 Å². The van der Waals surface area contributed by atoms with Gasteiger partial charge in [0.2, 0.25) is 0 Å². The lowest BCUT2D eigenvalue weighted by Gasteiger charge is -2.43. The second-order valence-corrected chi connectivity index (χ2v) is 10.3. The first-order chi connectivity index (χ1) is 14.6. The molecule has 1 saturated carbocycles. The van der Waals surface area contributed by atoms with Gasteiger partial charge < -0.3 is 25.7 Å². The lowest BCUT2D eigenvalue weighted by molar-refractivity contribution is -0.0165. The third-order valence-corrected chi connectivity index (χ3v) is 7.93. The van der Waals surface area contributed by atoms with E-state index in [9.17, 15) is 13.6 Å². The summed E-state index contributed by atoms with van der Waals surface area (Å²) in [5.41, 5.74) is 6.26. The predicted octanol–water partition coefficient (Wildman–Crippen LogP) is 2.05. The van der Waals surface area contributed by atoms with Gasteiger partial charge in [0, 0.05) is 23.7 Å². The molecule has 0 radical (unpaired) electrons. The number of hydrogen-bond donors (Lipinski definition) is 4. The molecule has 9 nitrogen and oxygen atoms in total. The van der Waals surface area contributed by atoms with Crippen molar-refractivity contribution in [2.24, 2.45) is 16.1 Å². The van der Waals surface area contributed by atoms with Crippen LogP contribution in [0.25, 0.3) is 0 Å². The van der Waals surface area contributed by atoms with Gasteiger partial charge in [-0.25, -0.2) is 14.0 Å². The van der Waals surface area contributed by atoms with Gasteiger partial charge >= 0.3 is 6.03 Å². The number of rotatable bonds is 8. The Bertz CT molecular complexity index is 823. The Hall–Kier alpha value is -1.75. The van der Waals surface area contributed by atoms with Crippen molar-refractivity contribution in [3.05, 3.63) is 23.5 Å². The highest BCUT2D eigenvalue weighted by Gasteiger charge is 2.54. The summed E-state index contributed by atoms with van der Waals surface area (Å²) in [6, 6.07) is -0.375. The molecule has 10 heteroatoms. The molecule has 1 aliphatic carbocycles. The lowest BCUT2D eigenvalue weighted by atomic mass is 9.81. The fraction of sp³-hybridized carbons (Fsp3) is 0.714. The van der Waals surface area contributed by atoms with E-state index in [-0.39, 0.29) is 17.6 Å². The number of allylic oxidation sites excluding steroid dienone is 2. The molecule has 3 aliphatic rings. The second kappa shape index (κ2) is 9.40. The molecule has 2 amide bonds. The summed E-state index contributed by atoms with van der Waals surface area (Å²) in [5.74, 6) is 0.802. The van der Waals surface area contributed by atoms with Crippen LogP contribution < -0.4 is 16.4 Å². The van der Waals surface area contributed by atoms with Gasteiger partial charge in [0.25, 0.3) is 0 Å². The Morgan fingerprint density at radius 1 is 1.58 bits per heavy atom. The maximum Gasteiger partial charge on any atom is 0.316 e. The minimum atomic E-state index is -1.97. The molecule has 0 aromatic carbocycles. The molecule has 0 aromatic rings. The zero-order chi connectivity index (χ0) is 22.8. The molecule has 0 spiro atoms. The van der Waals surface area contributed by atoms with Crippen molar-refractivity contribution in [1.29, 1.82) is 0 Å². The number of nitrogens with zero attached hydrogens (tertiary/aromatic N) is 2. The monoisotopic (exact) mass is 453 g/mol. The van der Waals surface area contributed by atoms with Gasteiger partial charge in [0.05, 0.1) is 18.9 Å². The molecule has 0 aromatic heterocycles. The van der Waals surface area contributed by atoms with Crippen LogP contribution in [-0.4, -0.2) is 62.2 Å². The van der Waals surface area contributed by atoms with Crippen LogP contribution in [0.5, 0.6) is 0 Å². The van der Waals surface area contributed by atoms with E-state index >= 15 is 0 Å². The summed E-state index contributed by atoms with van der Waals surface area (Å²) in [4.78, 5) is 18.4. The van der Waals surface area contributed by atoms with Crippen molar-refractivity contribution in [3.63, 3.8) is 0 Å². The summed E-state index contributed by atoms with van der Waals surface area (Å²) >= 11 is -1.97. The number of morpholine rings is 1. The number of amides is 2. The maximum atomic E-state index is 12.2. The first kappa shape index (κ1) is 23.9. The molecular weight excluding hydrogens is 418 g/mol. The maximum absolute atomic E-state index is 12.2. The third-order valence-electron chi connectivity index (χ3n) is 6.65. The lowest BCUT2D eigenvalue weighted by Crippen LogP contribution is -2.58. The van der Waals surface area contributed by atoms with E-state index in [2.05, 4.69) is 36.3 Å². The highest BCUT2D eigenvalue weighted by molar-refractivity contribution is 7.81. The van der Waals surface area contributed by atoms with Crippen LogP contribution in [0.4, 0.5) is 4.79 Å². The Labute approximate surface area is 186 Å². The fourth-order valence-corrected chi connectivity index (χ4v) is 4.83. The van der Waals surface area contributed by atoms with Crippen molar-refractivity contribution in [1.82, 2.24) is 15.5 Å². The zero-order valence-corrected chi connectivity index (χ0v) is 19.6. The number of hydrogen-bond acceptors (Lipinski definition) is 6. The largest absolute Gasteiger partial charge is 0.379 e. The molecular formula is C21H35N5O4S. The molecule has 2 heterocycles. The molecule has 2 fully saturated rings. The number of ether oxygens (including phenoxy) is 1. The van der Waals surface area contributed by atoms with Crippen LogP contribution >= 0.6 is 0 Å². The SMILES string of the molecule is CC[C@@](C)(C/C=C(\C)NC(N)=O)C1=NC(C2(S(=O)O)CC2)=CC(N2CCOC[C@@H]2C)N1. The van der Waals surface area contributed by atoms with Gasteiger partial charge in [-0.3, -0.25) is 4.90 Å². The van der Waals surface area contributed by atoms with Crippen LogP contribution in [0, 0.1) is 5.41 Å². The van der Waals surface area contributed by atoms with Crippen LogP contribution in [0.2, 0.25) is 0 Å². The summed E-state index contributed by atoms with van der Waals surface area (Å²) in [6.07, 6.45) is 6.59. The summed E-state index contributed by atoms with van der Waals surface area (Å²) in [7, 11) is 0. The van der Waals surface area contributed by atoms with Crippen molar-refractivity contribution in [2.45, 2.75) is 70.3 Å². The van der Waals surface area contributed by atoms with Crippen LogP contribution in [0.15, 0.2) is 28.5 Å². The fourth-order valence-electron chi connectivity index (χ4n) is 4.08. The number of carbonyl (C=O) groups is 1. The zero-order valence-electron chi connectivity index (χ0n) is 18.8. The van der Waals surface area contributed by atoms with Crippen molar-refractivity contribution < 1.29 is 18.3 Å². The van der Waals surface area contributed by atoms with Crippen molar-refractivity contribution in [2.75, 3.05) is 19.8 Å². The summed E-state index contributed by atoms with van der Waals surface area (Å²) in [6.45, 7) is 10.2. The molecule has 2 unspecified atom stereocenters. The molecule has 1 saturated heterocycles. The molecule has 3 rings (SSSR count). The van der Waals surface area contributed by atoms with E-state index in [4.69, 9.17) is 15.5 Å².